The molecule has 1 amide bonds. The van der Waals surface area contributed by atoms with Crippen LogP contribution in [0.25, 0.3) is 0 Å². The van der Waals surface area contributed by atoms with E-state index < -0.39 is 0 Å². The van der Waals surface area contributed by atoms with Gasteiger partial charge in [0.1, 0.15) is 0 Å². The van der Waals surface area contributed by atoms with Crippen molar-refractivity contribution in [1.82, 2.24) is 14.7 Å². The molecule has 5 nitrogen and oxygen atoms in total. The minimum absolute atomic E-state index is 0.0740. The van der Waals surface area contributed by atoms with Crippen LogP contribution >= 0.6 is 0 Å². The fourth-order valence-electron chi connectivity index (χ4n) is 2.88. The van der Waals surface area contributed by atoms with E-state index in [1.807, 2.05) is 16.5 Å². The Morgan fingerprint density at radius 3 is 2.53 bits per heavy atom. The summed E-state index contributed by atoms with van der Waals surface area (Å²) in [6.07, 6.45) is 5.63. The highest BCUT2D eigenvalue weighted by Crippen LogP contribution is 2.26. The summed E-state index contributed by atoms with van der Waals surface area (Å²) in [5.41, 5.74) is 1.48. The van der Waals surface area contributed by atoms with Gasteiger partial charge in [-0.1, -0.05) is 12.8 Å². The summed E-state index contributed by atoms with van der Waals surface area (Å²) < 4.78 is 7.46. The van der Waals surface area contributed by atoms with Crippen LogP contribution in [0.1, 0.15) is 48.2 Å². The van der Waals surface area contributed by atoms with Crippen molar-refractivity contribution in [3.63, 3.8) is 0 Å². The van der Waals surface area contributed by atoms with Gasteiger partial charge in [-0.2, -0.15) is 5.10 Å². The molecule has 0 aliphatic carbocycles. The van der Waals surface area contributed by atoms with Crippen LogP contribution in [0, 0.1) is 6.92 Å². The van der Waals surface area contributed by atoms with Gasteiger partial charge >= 0.3 is 0 Å². The van der Waals surface area contributed by atoms with Crippen molar-refractivity contribution >= 4 is 5.91 Å². The van der Waals surface area contributed by atoms with Crippen molar-refractivity contribution in [3.8, 4) is 5.88 Å². The van der Waals surface area contributed by atoms with Gasteiger partial charge in [-0.05, 0) is 19.8 Å². The number of hydrogen-bond acceptors (Lipinski definition) is 3. The summed E-state index contributed by atoms with van der Waals surface area (Å²) in [5, 5.41) is 4.46. The van der Waals surface area contributed by atoms with Crippen LogP contribution in [0.4, 0.5) is 0 Å². The normalized spacial score (nSPS) is 19.5. The van der Waals surface area contributed by atoms with E-state index in [2.05, 4.69) is 5.10 Å². The summed E-state index contributed by atoms with van der Waals surface area (Å²) in [7, 11) is 0. The molecule has 1 aromatic rings. The Balaban J connectivity index is 1.84. The number of nitrogens with zero attached hydrogens (tertiary/aromatic N) is 3. The number of amides is 1. The first-order valence-electron chi connectivity index (χ1n) is 7.27. The Bertz CT molecular complexity index is 473. The lowest BCUT2D eigenvalue weighted by Gasteiger charge is -2.19. The van der Waals surface area contributed by atoms with Crippen molar-refractivity contribution in [2.75, 3.05) is 19.7 Å². The summed E-state index contributed by atoms with van der Waals surface area (Å²) >= 11 is 0. The van der Waals surface area contributed by atoms with Crippen molar-refractivity contribution < 1.29 is 9.53 Å². The van der Waals surface area contributed by atoms with Crippen molar-refractivity contribution in [2.45, 2.75) is 45.6 Å². The second kappa shape index (κ2) is 5.23. The average Bonchev–Trinajstić information content (AvgIpc) is 2.64. The fourth-order valence-corrected chi connectivity index (χ4v) is 2.88. The summed E-state index contributed by atoms with van der Waals surface area (Å²) in [6.45, 7) is 5.24. The zero-order chi connectivity index (χ0) is 13.2. The lowest BCUT2D eigenvalue weighted by Crippen LogP contribution is -2.32. The van der Waals surface area contributed by atoms with E-state index in [1.54, 1.807) is 0 Å². The lowest BCUT2D eigenvalue weighted by molar-refractivity contribution is 0.0754. The zero-order valence-electron chi connectivity index (χ0n) is 11.5. The molecule has 0 unspecified atom stereocenters. The van der Waals surface area contributed by atoms with E-state index in [1.165, 1.54) is 12.8 Å². The molecule has 19 heavy (non-hydrogen) atoms. The van der Waals surface area contributed by atoms with Crippen LogP contribution in [0.2, 0.25) is 0 Å². The monoisotopic (exact) mass is 263 g/mol. The molecule has 0 atom stereocenters. The number of likely N-dealkylation sites (tertiary alicyclic amines) is 1. The number of carbonyl (C=O) groups excluding carboxylic acids is 1. The molecule has 0 bridgehead atoms. The van der Waals surface area contributed by atoms with E-state index >= 15 is 0 Å². The SMILES string of the molecule is Cc1c(C(=O)N2CCCCCC2)nn2c1OCCC2. The van der Waals surface area contributed by atoms with Crippen molar-refractivity contribution in [1.29, 1.82) is 0 Å². The Labute approximate surface area is 113 Å². The number of carbonyl (C=O) groups is 1. The molecular formula is C14H21N3O2. The molecule has 0 N–H and O–H groups in total. The van der Waals surface area contributed by atoms with Gasteiger partial charge in [0.05, 0.1) is 6.61 Å². The van der Waals surface area contributed by atoms with Gasteiger partial charge in [-0.3, -0.25) is 4.79 Å². The molecule has 0 spiro atoms. The molecular weight excluding hydrogens is 242 g/mol. The molecule has 5 heteroatoms. The predicted octanol–water partition coefficient (Wildman–Crippen LogP) is 1.99. The van der Waals surface area contributed by atoms with Gasteiger partial charge in [-0.25, -0.2) is 4.68 Å². The van der Waals surface area contributed by atoms with Gasteiger partial charge in [0.25, 0.3) is 5.91 Å². The number of hydrogen-bond donors (Lipinski definition) is 0. The Hall–Kier alpha value is -1.52. The van der Waals surface area contributed by atoms with Crippen LogP contribution in [0.3, 0.4) is 0 Å². The quantitative estimate of drug-likeness (QED) is 0.778. The highest BCUT2D eigenvalue weighted by Gasteiger charge is 2.26. The van der Waals surface area contributed by atoms with E-state index in [9.17, 15) is 4.79 Å². The Morgan fingerprint density at radius 2 is 1.84 bits per heavy atom. The number of rotatable bonds is 1. The van der Waals surface area contributed by atoms with E-state index in [4.69, 9.17) is 4.74 Å². The molecule has 3 heterocycles. The van der Waals surface area contributed by atoms with Crippen molar-refractivity contribution in [3.05, 3.63) is 11.3 Å². The summed E-state index contributed by atoms with van der Waals surface area (Å²) in [6, 6.07) is 0. The topological polar surface area (TPSA) is 47.4 Å². The van der Waals surface area contributed by atoms with Crippen LogP contribution in [-0.2, 0) is 6.54 Å². The van der Waals surface area contributed by atoms with Gasteiger partial charge in [0.2, 0.25) is 5.88 Å². The van der Waals surface area contributed by atoms with E-state index in [0.717, 1.165) is 56.9 Å². The first kappa shape index (κ1) is 12.5. The number of aryl methyl sites for hydroxylation is 1. The van der Waals surface area contributed by atoms with Gasteiger partial charge in [0.15, 0.2) is 5.69 Å². The minimum Gasteiger partial charge on any atom is -0.478 e. The Kier molecular flexibility index (Phi) is 3.44. The molecule has 2 aliphatic heterocycles. The first-order chi connectivity index (χ1) is 9.27. The highest BCUT2D eigenvalue weighted by atomic mass is 16.5. The number of aromatic nitrogens is 2. The minimum atomic E-state index is 0.0740. The van der Waals surface area contributed by atoms with Crippen LogP contribution in [0.5, 0.6) is 5.88 Å². The Morgan fingerprint density at radius 1 is 1.11 bits per heavy atom. The molecule has 1 fully saturated rings. The molecule has 2 aliphatic rings. The third-order valence-electron chi connectivity index (χ3n) is 3.98. The molecule has 0 aromatic carbocycles. The standard InChI is InChI=1S/C14H21N3O2/c1-11-12(15-17-9-6-10-19-14(11)17)13(18)16-7-4-2-3-5-8-16/h2-10H2,1H3. The first-order valence-corrected chi connectivity index (χ1v) is 7.27. The van der Waals surface area contributed by atoms with Crippen LogP contribution in [-0.4, -0.2) is 40.3 Å². The van der Waals surface area contributed by atoms with E-state index in [0.29, 0.717) is 5.69 Å². The second-order valence-electron chi connectivity index (χ2n) is 5.41. The maximum absolute atomic E-state index is 12.6. The van der Waals surface area contributed by atoms with Gasteiger partial charge in [0, 0.05) is 31.6 Å². The van der Waals surface area contributed by atoms with Gasteiger partial charge < -0.3 is 9.64 Å². The van der Waals surface area contributed by atoms with Crippen LogP contribution in [0.15, 0.2) is 0 Å². The van der Waals surface area contributed by atoms with E-state index in [-0.39, 0.29) is 5.91 Å². The predicted molar refractivity (Wildman–Crippen MR) is 71.4 cm³/mol. The van der Waals surface area contributed by atoms with Crippen molar-refractivity contribution in [2.24, 2.45) is 0 Å². The smallest absolute Gasteiger partial charge is 0.274 e. The number of ether oxygens (including phenoxy) is 1. The average molecular weight is 263 g/mol. The highest BCUT2D eigenvalue weighted by molar-refractivity contribution is 5.94. The maximum atomic E-state index is 12.6. The zero-order valence-corrected chi connectivity index (χ0v) is 11.5. The molecule has 3 rings (SSSR count). The molecule has 1 aromatic heterocycles. The largest absolute Gasteiger partial charge is 0.478 e. The third-order valence-corrected chi connectivity index (χ3v) is 3.98. The summed E-state index contributed by atoms with van der Waals surface area (Å²) in [5.74, 6) is 0.856. The molecule has 0 saturated carbocycles. The molecule has 1 saturated heterocycles. The maximum Gasteiger partial charge on any atom is 0.274 e. The van der Waals surface area contributed by atoms with Crippen LogP contribution < -0.4 is 4.74 Å². The fraction of sp³-hybridized carbons (Fsp3) is 0.714. The number of fused-ring (bicyclic) bond motifs is 1. The lowest BCUT2D eigenvalue weighted by atomic mass is 10.2. The second-order valence-corrected chi connectivity index (χ2v) is 5.41. The summed E-state index contributed by atoms with van der Waals surface area (Å²) in [4.78, 5) is 14.5. The molecule has 0 radical (unpaired) electrons. The molecule has 104 valence electrons. The van der Waals surface area contributed by atoms with Gasteiger partial charge in [-0.15, -0.1) is 0 Å². The third kappa shape index (κ3) is 2.33.